The van der Waals surface area contributed by atoms with Gasteiger partial charge in [0.05, 0.1) is 0 Å². The first-order valence-corrected chi connectivity index (χ1v) is 4.92. The molecule has 2 N–H and O–H groups in total. The lowest BCUT2D eigenvalue weighted by molar-refractivity contribution is 0.266. The van der Waals surface area contributed by atoms with Crippen LogP contribution in [-0.2, 0) is 0 Å². The SMILES string of the molecule is Cl.NN1CCCC1c1ccc(Cl)cc1. The van der Waals surface area contributed by atoms with E-state index in [-0.39, 0.29) is 12.4 Å². The summed E-state index contributed by atoms with van der Waals surface area (Å²) in [7, 11) is 0. The van der Waals surface area contributed by atoms with E-state index >= 15 is 0 Å². The van der Waals surface area contributed by atoms with Crippen LogP contribution in [0.3, 0.4) is 0 Å². The number of rotatable bonds is 1. The van der Waals surface area contributed by atoms with Crippen molar-refractivity contribution in [2.75, 3.05) is 6.54 Å². The second-order valence-corrected chi connectivity index (χ2v) is 3.88. The van der Waals surface area contributed by atoms with Gasteiger partial charge in [0.2, 0.25) is 0 Å². The molecule has 0 radical (unpaired) electrons. The number of halogens is 2. The minimum atomic E-state index is 0. The highest BCUT2D eigenvalue weighted by Gasteiger charge is 2.22. The Morgan fingerprint density at radius 3 is 2.43 bits per heavy atom. The number of nitrogens with two attached hydrogens (primary N) is 1. The van der Waals surface area contributed by atoms with Crippen molar-refractivity contribution in [1.82, 2.24) is 5.01 Å². The third-order valence-corrected chi connectivity index (χ3v) is 2.80. The van der Waals surface area contributed by atoms with Crippen LogP contribution in [0.4, 0.5) is 0 Å². The van der Waals surface area contributed by atoms with Gasteiger partial charge in [0.25, 0.3) is 0 Å². The van der Waals surface area contributed by atoms with Crippen LogP contribution >= 0.6 is 24.0 Å². The Balaban J connectivity index is 0.000000980. The minimum absolute atomic E-state index is 0. The Kier molecular flexibility index (Phi) is 4.20. The highest BCUT2D eigenvalue weighted by molar-refractivity contribution is 6.30. The monoisotopic (exact) mass is 232 g/mol. The fourth-order valence-corrected chi connectivity index (χ4v) is 1.96. The topological polar surface area (TPSA) is 29.3 Å². The first-order valence-electron chi connectivity index (χ1n) is 4.54. The Hall–Kier alpha value is -0.280. The van der Waals surface area contributed by atoms with E-state index in [0.29, 0.717) is 6.04 Å². The Morgan fingerprint density at radius 2 is 1.93 bits per heavy atom. The van der Waals surface area contributed by atoms with E-state index in [2.05, 4.69) is 12.1 Å². The summed E-state index contributed by atoms with van der Waals surface area (Å²) in [5.41, 5.74) is 1.27. The molecule has 1 fully saturated rings. The first kappa shape index (κ1) is 11.8. The van der Waals surface area contributed by atoms with Gasteiger partial charge in [-0.05, 0) is 30.5 Å². The normalized spacial score (nSPS) is 22.0. The molecular weight excluding hydrogens is 219 g/mol. The quantitative estimate of drug-likeness (QED) is 0.755. The summed E-state index contributed by atoms with van der Waals surface area (Å²) in [5.74, 6) is 5.85. The van der Waals surface area contributed by atoms with Crippen molar-refractivity contribution in [1.29, 1.82) is 0 Å². The van der Waals surface area contributed by atoms with Crippen LogP contribution < -0.4 is 5.84 Å². The molecule has 0 bridgehead atoms. The zero-order valence-corrected chi connectivity index (χ0v) is 9.39. The summed E-state index contributed by atoms with van der Waals surface area (Å²) in [6.07, 6.45) is 2.34. The fourth-order valence-electron chi connectivity index (χ4n) is 1.83. The minimum Gasteiger partial charge on any atom is -0.268 e. The van der Waals surface area contributed by atoms with Crippen molar-refractivity contribution in [2.45, 2.75) is 18.9 Å². The molecule has 1 aromatic rings. The van der Waals surface area contributed by atoms with Gasteiger partial charge in [-0.2, -0.15) is 0 Å². The summed E-state index contributed by atoms with van der Waals surface area (Å²) in [6.45, 7) is 0.993. The smallest absolute Gasteiger partial charge is 0.0491 e. The molecule has 1 heterocycles. The molecule has 0 spiro atoms. The second-order valence-electron chi connectivity index (χ2n) is 3.45. The molecule has 1 aliphatic rings. The zero-order chi connectivity index (χ0) is 9.26. The molecule has 14 heavy (non-hydrogen) atoms. The average molecular weight is 233 g/mol. The van der Waals surface area contributed by atoms with E-state index in [9.17, 15) is 0 Å². The molecule has 1 aliphatic heterocycles. The molecule has 1 aromatic carbocycles. The van der Waals surface area contributed by atoms with E-state index in [0.717, 1.165) is 18.0 Å². The van der Waals surface area contributed by atoms with Crippen LogP contribution in [0.2, 0.25) is 5.02 Å². The second kappa shape index (κ2) is 4.99. The van der Waals surface area contributed by atoms with Crippen LogP contribution in [0, 0.1) is 0 Å². The largest absolute Gasteiger partial charge is 0.268 e. The molecular formula is C10H14Cl2N2. The first-order chi connectivity index (χ1) is 6.27. The average Bonchev–Trinajstić information content (AvgIpc) is 2.53. The molecule has 0 aliphatic carbocycles. The lowest BCUT2D eigenvalue weighted by Gasteiger charge is -2.19. The van der Waals surface area contributed by atoms with Crippen LogP contribution in [0.15, 0.2) is 24.3 Å². The number of benzene rings is 1. The standard InChI is InChI=1S/C10H13ClN2.ClH/c11-9-5-3-8(4-6-9)10-2-1-7-13(10)12;/h3-6,10H,1-2,7,12H2;1H. The molecule has 1 saturated heterocycles. The summed E-state index contributed by atoms with van der Waals surface area (Å²) < 4.78 is 0. The Labute approximate surface area is 95.4 Å². The van der Waals surface area contributed by atoms with Gasteiger partial charge in [-0.15, -0.1) is 12.4 Å². The van der Waals surface area contributed by atoms with Crippen molar-refractivity contribution < 1.29 is 0 Å². The van der Waals surface area contributed by atoms with Crippen LogP contribution in [0.25, 0.3) is 0 Å². The fraction of sp³-hybridized carbons (Fsp3) is 0.400. The predicted octanol–water partition coefficient (Wildman–Crippen LogP) is 2.77. The number of hydrazine groups is 1. The number of hydrogen-bond acceptors (Lipinski definition) is 2. The van der Waals surface area contributed by atoms with Gasteiger partial charge in [0, 0.05) is 17.6 Å². The zero-order valence-electron chi connectivity index (χ0n) is 7.82. The van der Waals surface area contributed by atoms with Crippen LogP contribution in [0.5, 0.6) is 0 Å². The lowest BCUT2D eigenvalue weighted by Crippen LogP contribution is -2.30. The Morgan fingerprint density at radius 1 is 1.29 bits per heavy atom. The summed E-state index contributed by atoms with van der Waals surface area (Å²) >= 11 is 5.81. The van der Waals surface area contributed by atoms with Crippen molar-refractivity contribution >= 4 is 24.0 Å². The van der Waals surface area contributed by atoms with Crippen molar-refractivity contribution in [3.8, 4) is 0 Å². The van der Waals surface area contributed by atoms with E-state index in [1.54, 1.807) is 0 Å². The third kappa shape index (κ3) is 2.39. The summed E-state index contributed by atoms with van der Waals surface area (Å²) in [5, 5.41) is 2.69. The number of hydrogen-bond donors (Lipinski definition) is 1. The van der Waals surface area contributed by atoms with Gasteiger partial charge in [0.1, 0.15) is 0 Å². The maximum atomic E-state index is 5.85. The van der Waals surface area contributed by atoms with Gasteiger partial charge < -0.3 is 0 Å². The van der Waals surface area contributed by atoms with Gasteiger partial charge in [0.15, 0.2) is 0 Å². The maximum Gasteiger partial charge on any atom is 0.0491 e. The summed E-state index contributed by atoms with van der Waals surface area (Å²) in [6, 6.07) is 8.33. The van der Waals surface area contributed by atoms with Crippen molar-refractivity contribution in [2.24, 2.45) is 5.84 Å². The number of nitrogens with zero attached hydrogens (tertiary/aromatic N) is 1. The van der Waals surface area contributed by atoms with E-state index in [1.807, 2.05) is 17.1 Å². The predicted molar refractivity (Wildman–Crippen MR) is 61.6 cm³/mol. The molecule has 4 heteroatoms. The van der Waals surface area contributed by atoms with Gasteiger partial charge in [-0.1, -0.05) is 23.7 Å². The maximum absolute atomic E-state index is 5.85. The van der Waals surface area contributed by atoms with Crippen LogP contribution in [-0.4, -0.2) is 11.6 Å². The molecule has 1 unspecified atom stereocenters. The van der Waals surface area contributed by atoms with Crippen molar-refractivity contribution in [3.63, 3.8) is 0 Å². The molecule has 2 nitrogen and oxygen atoms in total. The highest BCUT2D eigenvalue weighted by atomic mass is 35.5. The Bertz CT molecular complexity index is 287. The molecule has 0 amide bonds. The molecule has 2 rings (SSSR count). The van der Waals surface area contributed by atoms with Gasteiger partial charge in [-0.25, -0.2) is 5.01 Å². The van der Waals surface area contributed by atoms with Crippen LogP contribution in [0.1, 0.15) is 24.4 Å². The van der Waals surface area contributed by atoms with E-state index in [4.69, 9.17) is 17.4 Å². The molecule has 0 aromatic heterocycles. The highest BCUT2D eigenvalue weighted by Crippen LogP contribution is 2.29. The van der Waals surface area contributed by atoms with Crippen molar-refractivity contribution in [3.05, 3.63) is 34.9 Å². The van der Waals surface area contributed by atoms with Gasteiger partial charge >= 0.3 is 0 Å². The molecule has 1 atom stereocenters. The third-order valence-electron chi connectivity index (χ3n) is 2.55. The van der Waals surface area contributed by atoms with E-state index < -0.39 is 0 Å². The van der Waals surface area contributed by atoms with E-state index in [1.165, 1.54) is 12.0 Å². The molecule has 78 valence electrons. The summed E-state index contributed by atoms with van der Waals surface area (Å²) in [4.78, 5) is 0. The van der Waals surface area contributed by atoms with Gasteiger partial charge in [-0.3, -0.25) is 5.84 Å². The lowest BCUT2D eigenvalue weighted by atomic mass is 10.1. The molecule has 0 saturated carbocycles.